The Balaban J connectivity index is 1.58. The molecule has 0 aliphatic carbocycles. The Morgan fingerprint density at radius 2 is 1.92 bits per heavy atom. The fraction of sp³-hybridized carbons (Fsp3) is 0.250. The number of hydrogen-bond donors (Lipinski definition) is 1. The van der Waals surface area contributed by atoms with Crippen molar-refractivity contribution >= 4 is 23.7 Å². The van der Waals surface area contributed by atoms with E-state index in [9.17, 15) is 14.0 Å². The van der Waals surface area contributed by atoms with E-state index in [1.807, 2.05) is 24.3 Å². The molecule has 2 aromatic rings. The molecule has 26 heavy (non-hydrogen) atoms. The highest BCUT2D eigenvalue weighted by atomic mass is 19.1. The molecule has 0 radical (unpaired) electrons. The van der Waals surface area contributed by atoms with Gasteiger partial charge in [0, 0.05) is 18.7 Å². The molecule has 6 heteroatoms. The lowest BCUT2D eigenvalue weighted by atomic mass is 10.1. The summed E-state index contributed by atoms with van der Waals surface area (Å²) >= 11 is 0. The van der Waals surface area contributed by atoms with Crippen molar-refractivity contribution in [2.45, 2.75) is 19.8 Å². The van der Waals surface area contributed by atoms with Crippen LogP contribution in [-0.4, -0.2) is 24.6 Å². The summed E-state index contributed by atoms with van der Waals surface area (Å²) < 4.78 is 12.8. The smallest absolute Gasteiger partial charge is 0.245 e. The minimum absolute atomic E-state index is 0.0723. The van der Waals surface area contributed by atoms with Crippen molar-refractivity contribution in [1.82, 2.24) is 5.43 Å². The second-order valence-corrected chi connectivity index (χ2v) is 6.21. The molecule has 134 valence electrons. The topological polar surface area (TPSA) is 61.8 Å². The van der Waals surface area contributed by atoms with Gasteiger partial charge in [-0.05, 0) is 41.8 Å². The van der Waals surface area contributed by atoms with E-state index in [1.165, 1.54) is 23.9 Å². The van der Waals surface area contributed by atoms with Crippen LogP contribution in [0.4, 0.5) is 10.1 Å². The van der Waals surface area contributed by atoms with Crippen LogP contribution in [0.15, 0.2) is 53.6 Å². The molecule has 1 N–H and O–H groups in total. The molecule has 0 aromatic heterocycles. The third-order valence-electron chi connectivity index (χ3n) is 4.41. The highest BCUT2D eigenvalue weighted by Gasteiger charge is 2.35. The van der Waals surface area contributed by atoms with Crippen LogP contribution in [-0.2, 0) is 16.0 Å². The van der Waals surface area contributed by atoms with Gasteiger partial charge in [-0.1, -0.05) is 31.2 Å². The Bertz CT molecular complexity index is 816. The zero-order valence-electron chi connectivity index (χ0n) is 14.5. The van der Waals surface area contributed by atoms with Gasteiger partial charge in [0.2, 0.25) is 11.8 Å². The second kappa shape index (κ2) is 7.91. The number of halogens is 1. The van der Waals surface area contributed by atoms with Crippen molar-refractivity contribution in [3.05, 3.63) is 65.5 Å². The number of carbonyl (C=O) groups excluding carboxylic acids is 2. The van der Waals surface area contributed by atoms with Crippen molar-refractivity contribution < 1.29 is 14.0 Å². The van der Waals surface area contributed by atoms with E-state index >= 15 is 0 Å². The summed E-state index contributed by atoms with van der Waals surface area (Å²) in [5.41, 5.74) is 5.13. The van der Waals surface area contributed by atoms with Crippen LogP contribution in [0.25, 0.3) is 0 Å². The maximum Gasteiger partial charge on any atom is 0.245 e. The van der Waals surface area contributed by atoms with E-state index in [0.29, 0.717) is 12.1 Å². The van der Waals surface area contributed by atoms with Crippen LogP contribution in [0.2, 0.25) is 0 Å². The Hall–Kier alpha value is -3.02. The Morgan fingerprint density at radius 1 is 1.23 bits per heavy atom. The average Bonchev–Trinajstić information content (AvgIpc) is 3.05. The molecule has 1 aliphatic rings. The summed E-state index contributed by atoms with van der Waals surface area (Å²) in [5.74, 6) is -1.15. The van der Waals surface area contributed by atoms with Gasteiger partial charge < -0.3 is 4.90 Å². The molecule has 0 spiro atoms. The summed E-state index contributed by atoms with van der Waals surface area (Å²) in [6, 6.07) is 13.6. The molecule has 1 heterocycles. The van der Waals surface area contributed by atoms with E-state index in [1.54, 1.807) is 17.0 Å². The zero-order valence-corrected chi connectivity index (χ0v) is 14.5. The first-order valence-electron chi connectivity index (χ1n) is 8.54. The third-order valence-corrected chi connectivity index (χ3v) is 4.41. The lowest BCUT2D eigenvalue weighted by Crippen LogP contribution is -2.30. The van der Waals surface area contributed by atoms with Crippen LogP contribution in [0.1, 0.15) is 24.5 Å². The summed E-state index contributed by atoms with van der Waals surface area (Å²) in [7, 11) is 0. The van der Waals surface area contributed by atoms with Gasteiger partial charge in [0.15, 0.2) is 0 Å². The molecule has 0 bridgehead atoms. The molecular weight excluding hydrogens is 333 g/mol. The molecule has 1 aliphatic heterocycles. The first-order valence-corrected chi connectivity index (χ1v) is 8.54. The highest BCUT2D eigenvalue weighted by Crippen LogP contribution is 2.25. The third kappa shape index (κ3) is 4.14. The SMILES string of the molecule is CCc1ccc(N2C[C@@H](C(=O)NN=Cc3ccc(F)cc3)CC2=O)cc1. The molecule has 0 unspecified atom stereocenters. The van der Waals surface area contributed by atoms with Gasteiger partial charge in [-0.25, -0.2) is 9.82 Å². The number of benzene rings is 2. The molecule has 1 fully saturated rings. The zero-order chi connectivity index (χ0) is 18.5. The largest absolute Gasteiger partial charge is 0.312 e. The van der Waals surface area contributed by atoms with Crippen LogP contribution >= 0.6 is 0 Å². The van der Waals surface area contributed by atoms with E-state index in [2.05, 4.69) is 17.5 Å². The van der Waals surface area contributed by atoms with Crippen LogP contribution in [0.3, 0.4) is 0 Å². The number of aryl methyl sites for hydroxylation is 1. The normalized spacial score (nSPS) is 17.1. The molecule has 5 nitrogen and oxygen atoms in total. The maximum absolute atomic E-state index is 12.8. The first kappa shape index (κ1) is 17.8. The summed E-state index contributed by atoms with van der Waals surface area (Å²) in [4.78, 5) is 26.1. The van der Waals surface area contributed by atoms with Crippen molar-refractivity contribution in [2.24, 2.45) is 11.0 Å². The number of nitrogens with one attached hydrogen (secondary N) is 1. The van der Waals surface area contributed by atoms with Gasteiger partial charge in [-0.2, -0.15) is 5.10 Å². The molecule has 1 atom stereocenters. The number of hydrogen-bond acceptors (Lipinski definition) is 3. The summed E-state index contributed by atoms with van der Waals surface area (Å²) in [6.07, 6.45) is 2.54. The number of nitrogens with zero attached hydrogens (tertiary/aromatic N) is 2. The second-order valence-electron chi connectivity index (χ2n) is 6.21. The Labute approximate surface area is 151 Å². The van der Waals surface area contributed by atoms with Crippen molar-refractivity contribution in [1.29, 1.82) is 0 Å². The van der Waals surface area contributed by atoms with E-state index in [4.69, 9.17) is 0 Å². The monoisotopic (exact) mass is 353 g/mol. The number of anilines is 1. The van der Waals surface area contributed by atoms with Crippen LogP contribution in [0.5, 0.6) is 0 Å². The van der Waals surface area contributed by atoms with Crippen LogP contribution < -0.4 is 10.3 Å². The van der Waals surface area contributed by atoms with Crippen LogP contribution in [0, 0.1) is 11.7 Å². The van der Waals surface area contributed by atoms with Gasteiger partial charge >= 0.3 is 0 Å². The van der Waals surface area contributed by atoms with Gasteiger partial charge in [0.1, 0.15) is 5.82 Å². The van der Waals surface area contributed by atoms with Crippen molar-refractivity contribution in [3.63, 3.8) is 0 Å². The fourth-order valence-corrected chi connectivity index (χ4v) is 2.85. The summed E-state index contributed by atoms with van der Waals surface area (Å²) in [5, 5.41) is 3.88. The quantitative estimate of drug-likeness (QED) is 0.664. The lowest BCUT2D eigenvalue weighted by Gasteiger charge is -2.16. The van der Waals surface area contributed by atoms with Gasteiger partial charge in [-0.3, -0.25) is 9.59 Å². The van der Waals surface area contributed by atoms with Crippen molar-refractivity contribution in [2.75, 3.05) is 11.4 Å². The fourth-order valence-electron chi connectivity index (χ4n) is 2.85. The predicted octanol–water partition coefficient (Wildman–Crippen LogP) is 2.89. The maximum atomic E-state index is 12.8. The van der Waals surface area contributed by atoms with Gasteiger partial charge in [-0.15, -0.1) is 0 Å². The molecule has 0 saturated carbocycles. The number of rotatable bonds is 5. The van der Waals surface area contributed by atoms with Crippen molar-refractivity contribution in [3.8, 4) is 0 Å². The lowest BCUT2D eigenvalue weighted by molar-refractivity contribution is -0.126. The minimum atomic E-state index is -0.446. The van der Waals surface area contributed by atoms with E-state index in [0.717, 1.165) is 12.1 Å². The highest BCUT2D eigenvalue weighted by molar-refractivity contribution is 6.00. The molecule has 1 saturated heterocycles. The molecule has 3 rings (SSSR count). The van der Waals surface area contributed by atoms with E-state index in [-0.39, 0.29) is 24.1 Å². The number of carbonyl (C=O) groups is 2. The Kier molecular flexibility index (Phi) is 5.41. The van der Waals surface area contributed by atoms with E-state index < -0.39 is 5.92 Å². The number of hydrazone groups is 1. The van der Waals surface area contributed by atoms with Gasteiger partial charge in [0.25, 0.3) is 0 Å². The summed E-state index contributed by atoms with van der Waals surface area (Å²) in [6.45, 7) is 2.41. The first-order chi connectivity index (χ1) is 12.6. The number of amides is 2. The minimum Gasteiger partial charge on any atom is -0.312 e. The molecular formula is C20H20FN3O2. The predicted molar refractivity (Wildman–Crippen MR) is 98.4 cm³/mol. The van der Waals surface area contributed by atoms with Gasteiger partial charge in [0.05, 0.1) is 12.1 Å². The standard InChI is InChI=1S/C20H20FN3O2/c1-2-14-5-9-18(10-6-14)24-13-16(11-19(24)25)20(26)23-22-12-15-3-7-17(21)8-4-15/h3-10,12,16H,2,11,13H2,1H3,(H,23,26)/t16-/m0/s1. The molecule has 2 amide bonds. The average molecular weight is 353 g/mol. The molecule has 2 aromatic carbocycles. The Morgan fingerprint density at radius 3 is 2.58 bits per heavy atom.